The molecular weight excluding hydrogens is 349 g/mol. The molecule has 2 aromatic carbocycles. The zero-order valence-corrected chi connectivity index (χ0v) is 15.1. The van der Waals surface area contributed by atoms with Crippen LogP contribution in [0.15, 0.2) is 47.8 Å². The van der Waals surface area contributed by atoms with Crippen molar-refractivity contribution in [3.63, 3.8) is 0 Å². The molecule has 26 heavy (non-hydrogen) atoms. The van der Waals surface area contributed by atoms with Gasteiger partial charge >= 0.3 is 0 Å². The fourth-order valence-corrected chi connectivity index (χ4v) is 3.45. The number of hydrogen-bond donors (Lipinski definition) is 1. The molecule has 4 rings (SSSR count). The second-order valence-electron chi connectivity index (χ2n) is 6.05. The van der Waals surface area contributed by atoms with E-state index < -0.39 is 0 Å². The van der Waals surface area contributed by atoms with Gasteiger partial charge < -0.3 is 5.73 Å². The molecule has 0 atom stereocenters. The second-order valence-corrected chi connectivity index (χ2v) is 6.91. The van der Waals surface area contributed by atoms with Crippen LogP contribution in [0.1, 0.15) is 11.1 Å². The van der Waals surface area contributed by atoms with Crippen molar-refractivity contribution in [2.45, 2.75) is 13.8 Å². The maximum atomic E-state index is 13.1. The Morgan fingerprint density at radius 1 is 1.04 bits per heavy atom. The molecule has 0 fully saturated rings. The summed E-state index contributed by atoms with van der Waals surface area (Å²) in [4.78, 5) is 4.67. The molecule has 0 radical (unpaired) electrons. The first kappa shape index (κ1) is 16.4. The molecule has 7 heteroatoms. The SMILES string of the molecule is Cc1ccc(-c2csc(-c3nnn(-c4ccc(F)cc4)c3N)n2)cc1C. The molecule has 0 bridgehead atoms. The van der Waals surface area contributed by atoms with Gasteiger partial charge in [-0.15, -0.1) is 16.4 Å². The lowest BCUT2D eigenvalue weighted by molar-refractivity contribution is 0.627. The van der Waals surface area contributed by atoms with Crippen LogP contribution in [-0.4, -0.2) is 20.0 Å². The summed E-state index contributed by atoms with van der Waals surface area (Å²) in [5, 5.41) is 10.9. The predicted octanol–water partition coefficient (Wildman–Crippen LogP) is 4.40. The number of nitrogens with two attached hydrogens (primary N) is 1. The standard InChI is InChI=1S/C19H16FN5S/c1-11-3-4-13(9-12(11)2)16-10-26-19(22-16)17-18(21)25(24-23-17)15-7-5-14(20)6-8-15/h3-10H,21H2,1-2H3. The molecule has 2 heterocycles. The van der Waals surface area contributed by atoms with Gasteiger partial charge in [-0.3, -0.25) is 0 Å². The third-order valence-corrected chi connectivity index (χ3v) is 5.13. The van der Waals surface area contributed by atoms with Crippen molar-refractivity contribution in [3.05, 3.63) is 64.8 Å². The molecule has 130 valence electrons. The first-order valence-electron chi connectivity index (χ1n) is 8.03. The van der Waals surface area contributed by atoms with E-state index in [-0.39, 0.29) is 5.82 Å². The summed E-state index contributed by atoms with van der Waals surface area (Å²) in [7, 11) is 0. The molecule has 0 spiro atoms. The van der Waals surface area contributed by atoms with Crippen molar-refractivity contribution in [1.82, 2.24) is 20.0 Å². The topological polar surface area (TPSA) is 69.6 Å². The summed E-state index contributed by atoms with van der Waals surface area (Å²) < 4.78 is 14.6. The number of halogens is 1. The van der Waals surface area contributed by atoms with Gasteiger partial charge in [0.25, 0.3) is 0 Å². The number of aromatic nitrogens is 4. The second kappa shape index (κ2) is 6.34. The molecule has 0 amide bonds. The molecule has 0 aliphatic rings. The smallest absolute Gasteiger partial charge is 0.165 e. The minimum atomic E-state index is -0.314. The third kappa shape index (κ3) is 2.86. The van der Waals surface area contributed by atoms with Crippen LogP contribution in [0.4, 0.5) is 10.2 Å². The Morgan fingerprint density at radius 2 is 1.81 bits per heavy atom. The lowest BCUT2D eigenvalue weighted by Crippen LogP contribution is -2.02. The highest BCUT2D eigenvalue weighted by molar-refractivity contribution is 7.13. The van der Waals surface area contributed by atoms with Crippen LogP contribution < -0.4 is 5.73 Å². The molecule has 0 saturated heterocycles. The van der Waals surface area contributed by atoms with E-state index in [4.69, 9.17) is 5.73 Å². The molecule has 0 aliphatic heterocycles. The number of hydrogen-bond acceptors (Lipinski definition) is 5. The van der Waals surface area contributed by atoms with Gasteiger partial charge in [-0.1, -0.05) is 17.3 Å². The van der Waals surface area contributed by atoms with E-state index in [1.807, 2.05) is 5.38 Å². The van der Waals surface area contributed by atoms with Crippen LogP contribution >= 0.6 is 11.3 Å². The van der Waals surface area contributed by atoms with Crippen molar-refractivity contribution in [2.75, 3.05) is 5.73 Å². The average molecular weight is 365 g/mol. The maximum Gasteiger partial charge on any atom is 0.165 e. The van der Waals surface area contributed by atoms with Crippen molar-refractivity contribution in [3.8, 4) is 27.6 Å². The Hall–Kier alpha value is -3.06. The van der Waals surface area contributed by atoms with Crippen molar-refractivity contribution in [2.24, 2.45) is 0 Å². The molecule has 0 unspecified atom stereocenters. The van der Waals surface area contributed by atoms with Crippen LogP contribution in [0, 0.1) is 19.7 Å². The van der Waals surface area contributed by atoms with Crippen LogP contribution in [0.2, 0.25) is 0 Å². The summed E-state index contributed by atoms with van der Waals surface area (Å²) in [6.07, 6.45) is 0. The highest BCUT2D eigenvalue weighted by atomic mass is 32.1. The minimum absolute atomic E-state index is 0.314. The fourth-order valence-electron chi connectivity index (χ4n) is 2.63. The number of benzene rings is 2. The quantitative estimate of drug-likeness (QED) is 0.584. The summed E-state index contributed by atoms with van der Waals surface area (Å²) in [5.74, 6) is 0.0585. The maximum absolute atomic E-state index is 13.1. The molecule has 0 aliphatic carbocycles. The van der Waals surface area contributed by atoms with E-state index in [9.17, 15) is 4.39 Å². The highest BCUT2D eigenvalue weighted by Gasteiger charge is 2.17. The van der Waals surface area contributed by atoms with E-state index >= 15 is 0 Å². The van der Waals surface area contributed by atoms with Crippen LogP contribution in [0.3, 0.4) is 0 Å². The molecule has 2 N–H and O–H groups in total. The van der Waals surface area contributed by atoms with E-state index in [0.29, 0.717) is 22.2 Å². The number of thiazole rings is 1. The highest BCUT2D eigenvalue weighted by Crippen LogP contribution is 2.32. The Kier molecular flexibility index (Phi) is 4.00. The normalized spacial score (nSPS) is 11.0. The number of aryl methyl sites for hydroxylation is 2. The van der Waals surface area contributed by atoms with Crippen LogP contribution in [0.5, 0.6) is 0 Å². The fraction of sp³-hybridized carbons (Fsp3) is 0.105. The number of anilines is 1. The third-order valence-electron chi connectivity index (χ3n) is 4.29. The van der Waals surface area contributed by atoms with E-state index in [1.165, 1.54) is 39.3 Å². The molecule has 2 aromatic heterocycles. The molecular formula is C19H16FN5S. The molecule has 0 saturated carbocycles. The Balaban J connectivity index is 1.70. The monoisotopic (exact) mass is 365 g/mol. The van der Waals surface area contributed by atoms with Gasteiger partial charge in [0.15, 0.2) is 11.5 Å². The first-order valence-corrected chi connectivity index (χ1v) is 8.91. The molecule has 4 aromatic rings. The van der Waals surface area contributed by atoms with Gasteiger partial charge in [0.2, 0.25) is 0 Å². The van der Waals surface area contributed by atoms with Crippen molar-refractivity contribution < 1.29 is 4.39 Å². The summed E-state index contributed by atoms with van der Waals surface area (Å²) in [5.41, 5.74) is 11.8. The Bertz CT molecular complexity index is 1080. The summed E-state index contributed by atoms with van der Waals surface area (Å²) in [6.45, 7) is 4.17. The largest absolute Gasteiger partial charge is 0.382 e. The lowest BCUT2D eigenvalue weighted by Gasteiger charge is -2.03. The van der Waals surface area contributed by atoms with Gasteiger partial charge in [0, 0.05) is 10.9 Å². The number of nitrogens with zero attached hydrogens (tertiary/aromatic N) is 4. The van der Waals surface area contributed by atoms with Crippen molar-refractivity contribution >= 4 is 17.2 Å². The zero-order valence-electron chi connectivity index (χ0n) is 14.3. The van der Waals surface area contributed by atoms with Crippen molar-refractivity contribution in [1.29, 1.82) is 0 Å². The van der Waals surface area contributed by atoms with E-state index in [0.717, 1.165) is 11.3 Å². The number of rotatable bonds is 3. The minimum Gasteiger partial charge on any atom is -0.382 e. The van der Waals surface area contributed by atoms with Gasteiger partial charge in [-0.05, 0) is 55.3 Å². The number of nitrogen functional groups attached to an aromatic ring is 1. The Morgan fingerprint density at radius 3 is 2.54 bits per heavy atom. The average Bonchev–Trinajstić information content (AvgIpc) is 3.25. The zero-order chi connectivity index (χ0) is 18.3. The first-order chi connectivity index (χ1) is 12.5. The van der Waals surface area contributed by atoms with E-state index in [1.54, 1.807) is 12.1 Å². The predicted molar refractivity (Wildman–Crippen MR) is 102 cm³/mol. The van der Waals surface area contributed by atoms with E-state index in [2.05, 4.69) is 47.3 Å². The summed E-state index contributed by atoms with van der Waals surface area (Å²) in [6, 6.07) is 12.2. The lowest BCUT2D eigenvalue weighted by atomic mass is 10.1. The Labute approximate surface area is 153 Å². The van der Waals surface area contributed by atoms with Gasteiger partial charge in [0.05, 0.1) is 11.4 Å². The van der Waals surface area contributed by atoms with Crippen LogP contribution in [0.25, 0.3) is 27.6 Å². The van der Waals surface area contributed by atoms with Gasteiger partial charge in [0.1, 0.15) is 10.8 Å². The van der Waals surface area contributed by atoms with Gasteiger partial charge in [-0.2, -0.15) is 4.68 Å². The molecule has 5 nitrogen and oxygen atoms in total. The van der Waals surface area contributed by atoms with Crippen LogP contribution in [-0.2, 0) is 0 Å². The summed E-state index contributed by atoms with van der Waals surface area (Å²) >= 11 is 1.47. The van der Waals surface area contributed by atoms with Gasteiger partial charge in [-0.25, -0.2) is 9.37 Å².